The summed E-state index contributed by atoms with van der Waals surface area (Å²) in [5.74, 6) is 0. The largest absolute Gasteiger partial charge is 0.382 e. The first-order chi connectivity index (χ1) is 49.7. The van der Waals surface area contributed by atoms with Crippen molar-refractivity contribution in [3.8, 4) is 0 Å². The predicted molar refractivity (Wildman–Crippen MR) is 347 cm³/mol. The maximum atomic E-state index is 7.10. The molecule has 0 N–H and O–H groups in total. The van der Waals surface area contributed by atoms with E-state index in [2.05, 4.69) is 13.2 Å². The summed E-state index contributed by atoms with van der Waals surface area (Å²) in [5.41, 5.74) is 0. The van der Waals surface area contributed by atoms with E-state index in [0.29, 0.717) is 0 Å². The van der Waals surface area contributed by atoms with Gasteiger partial charge in [-0.15, -0.1) is 13.2 Å². The molecule has 0 aliphatic carbocycles. The summed E-state index contributed by atoms with van der Waals surface area (Å²) < 4.78 is 228. The lowest BCUT2D eigenvalue weighted by Crippen LogP contribution is -2.69. The highest BCUT2D eigenvalue weighted by Crippen LogP contribution is 2.43. The van der Waals surface area contributed by atoms with E-state index in [1.165, 1.54) is 135 Å². The van der Waals surface area contributed by atoms with Crippen molar-refractivity contribution in [2.75, 3.05) is 195 Å². The molecule has 35 nitrogen and oxygen atoms in total. The molecule has 21 aliphatic rings. The van der Waals surface area contributed by atoms with E-state index in [0.717, 1.165) is 0 Å². The van der Waals surface area contributed by atoms with Gasteiger partial charge in [-0.05, 0) is 0 Å². The Morgan fingerprint density at radius 1 is 0.196 bits per heavy atom. The molecular weight excluding hydrogens is 1360 g/mol. The van der Waals surface area contributed by atoms with Crippen LogP contribution < -0.4 is 0 Å². The lowest BCUT2D eigenvalue weighted by molar-refractivity contribution is -0.402. The van der Waals surface area contributed by atoms with Crippen molar-refractivity contribution >= 4 is 0 Å². The molecule has 0 spiro atoms. The molecule has 21 aliphatic heterocycles. The fraction of sp³-hybridized carbons (Fsp3) is 0.940. The molecule has 21 rings (SSSR count). The second-order valence-corrected chi connectivity index (χ2v) is 25.2. The molecule has 0 aromatic heterocycles. The first-order valence-corrected chi connectivity index (χ1v) is 34.1. The Labute approximate surface area is 598 Å². The average molecular weight is 1480 g/mol. The molecule has 21 saturated heterocycles. The molecule has 594 valence electrons. The van der Waals surface area contributed by atoms with Crippen LogP contribution >= 0.6 is 0 Å². The second kappa shape index (κ2) is 42.9. The highest BCUT2D eigenvalue weighted by atomic mass is 16.8. The summed E-state index contributed by atoms with van der Waals surface area (Å²) in [7, 11) is 28.6. The third-order valence-corrected chi connectivity index (χ3v) is 19.7. The molecule has 0 amide bonds. The highest BCUT2D eigenvalue weighted by molar-refractivity contribution is 5.04. The monoisotopic (exact) mass is 1480 g/mol. The van der Waals surface area contributed by atoms with Gasteiger partial charge in [0, 0.05) is 135 Å². The van der Waals surface area contributed by atoms with Crippen molar-refractivity contribution in [1.82, 2.24) is 0 Å². The second-order valence-electron chi connectivity index (χ2n) is 25.2. The standard InChI is InChI=1S/C67H116O35/c1-22-24-87-31-38-45-52(78-13)60(86-21)67(95-38)100-44-37(30-72-7)93-65(58(84-19)51(44)77-12)102-46-39(32-88-25-23-2)94-66(59(85-20)53(46)79-14)99-43-36(29-71-6)91-63(56(82-17)50(43)76-11)97-41-34(27-69-4)89-61(54(80-15)48(41)74-9)96-40-33(26-68-3)90-62(55(81-16)47(40)73-8)98-42-35(28-70-5)92-64(101-45)57(83-18)49(42)75-10/h22-23,33-67H,1-2,24-32H2,3-21H3/t33-,34-,35-,36-,37-,38-,39-,40-,41-,42-,43-,44-,45-,46-,47+,48+,49+,50+,51+,52+,53+,54-,55-,56-,57-,58-,59-,60-,61-,62-,63-,64-,65-,66-,67-/m1/s1. The van der Waals surface area contributed by atoms with Crippen LogP contribution in [0.3, 0.4) is 0 Å². The molecule has 14 bridgehead atoms. The van der Waals surface area contributed by atoms with E-state index in [-0.39, 0.29) is 59.5 Å². The summed E-state index contributed by atoms with van der Waals surface area (Å²) >= 11 is 0. The van der Waals surface area contributed by atoms with Crippen LogP contribution in [0.4, 0.5) is 0 Å². The van der Waals surface area contributed by atoms with Crippen LogP contribution in [0.1, 0.15) is 0 Å². The van der Waals surface area contributed by atoms with Crippen molar-refractivity contribution < 1.29 is 166 Å². The van der Waals surface area contributed by atoms with Crippen molar-refractivity contribution in [2.45, 2.75) is 215 Å². The minimum absolute atomic E-state index is 0.0460. The molecule has 0 unspecified atom stereocenters. The smallest absolute Gasteiger partial charge is 0.187 e. The van der Waals surface area contributed by atoms with E-state index >= 15 is 0 Å². The minimum Gasteiger partial charge on any atom is -0.382 e. The summed E-state index contributed by atoms with van der Waals surface area (Å²) in [6, 6.07) is 0. The third kappa shape index (κ3) is 19.3. The Kier molecular flexibility index (Phi) is 36.0. The summed E-state index contributed by atoms with van der Waals surface area (Å²) in [6.45, 7) is 7.61. The lowest BCUT2D eigenvalue weighted by Gasteiger charge is -2.52. The van der Waals surface area contributed by atoms with Crippen molar-refractivity contribution in [1.29, 1.82) is 0 Å². The predicted octanol–water partition coefficient (Wildman–Crippen LogP) is -0.382. The maximum absolute atomic E-state index is 7.10. The van der Waals surface area contributed by atoms with E-state index < -0.39 is 215 Å². The Morgan fingerprint density at radius 3 is 0.451 bits per heavy atom. The SMILES string of the molecule is C=CCOC[C@H]1O[C@@H]2O[C@H]3[C@H](OC)[C@@H](OC)[C@@H](O[C@H]4[C@H](OC)[C@@H](OC)[C@@H](O[C@H]5[C@H](OC)[C@@H](OC)[C@@H](O[C@H]6[C@H](OC)[C@@H](OC)[C@@H](O[C@H]7[C@H](OC)[C@@H](OC)[C@@H](O[C@H]8[C@H](OC)[C@@H](OC)[C@@H](O[C@H]1[C@H](OC)[C@H]2OC)O[C@@H]8COC)O[C@@H]7COCC=C)O[C@@H]6COC)O[C@@H]5COC)O[C@@H]4COC)O[C@@H]3COC. The van der Waals surface area contributed by atoms with Gasteiger partial charge in [-0.25, -0.2) is 0 Å². The summed E-state index contributed by atoms with van der Waals surface area (Å²) in [6.07, 6.45) is -33.5. The van der Waals surface area contributed by atoms with Gasteiger partial charge >= 0.3 is 0 Å². The van der Waals surface area contributed by atoms with E-state index in [4.69, 9.17) is 166 Å². The fourth-order valence-corrected chi connectivity index (χ4v) is 15.1. The molecule has 21 heterocycles. The number of hydrogen-bond acceptors (Lipinski definition) is 35. The van der Waals surface area contributed by atoms with E-state index in [1.54, 1.807) is 12.2 Å². The maximum Gasteiger partial charge on any atom is 0.187 e. The van der Waals surface area contributed by atoms with Gasteiger partial charge in [0.05, 0.1) is 59.5 Å². The molecule has 35 heteroatoms. The molecule has 0 aromatic rings. The van der Waals surface area contributed by atoms with Crippen molar-refractivity contribution in [3.63, 3.8) is 0 Å². The molecule has 35 atom stereocenters. The van der Waals surface area contributed by atoms with Gasteiger partial charge in [0.15, 0.2) is 44.0 Å². The van der Waals surface area contributed by atoms with Crippen LogP contribution in [0.15, 0.2) is 25.3 Å². The Bertz CT molecular complexity index is 2320. The normalized spacial score (nSPS) is 44.6. The van der Waals surface area contributed by atoms with Crippen LogP contribution in [0.25, 0.3) is 0 Å². The zero-order valence-electron chi connectivity index (χ0n) is 62.4. The van der Waals surface area contributed by atoms with Crippen LogP contribution in [0.2, 0.25) is 0 Å². The fourth-order valence-electron chi connectivity index (χ4n) is 15.1. The third-order valence-electron chi connectivity index (χ3n) is 19.7. The van der Waals surface area contributed by atoms with Gasteiger partial charge < -0.3 is 166 Å². The van der Waals surface area contributed by atoms with E-state index in [9.17, 15) is 0 Å². The lowest BCUT2D eigenvalue weighted by atomic mass is 9.94. The van der Waals surface area contributed by atoms with Crippen LogP contribution in [-0.2, 0) is 166 Å². The Morgan fingerprint density at radius 2 is 0.333 bits per heavy atom. The Balaban J connectivity index is 1.25. The number of ether oxygens (including phenoxy) is 35. The molecule has 0 saturated carbocycles. The molecule has 21 fully saturated rings. The first-order valence-electron chi connectivity index (χ1n) is 34.1. The van der Waals surface area contributed by atoms with Crippen molar-refractivity contribution in [3.05, 3.63) is 25.3 Å². The van der Waals surface area contributed by atoms with Gasteiger partial charge in [0.1, 0.15) is 171 Å². The first kappa shape index (κ1) is 85.7. The van der Waals surface area contributed by atoms with Gasteiger partial charge in [-0.1, -0.05) is 12.2 Å². The zero-order chi connectivity index (χ0) is 73.7. The van der Waals surface area contributed by atoms with E-state index in [1.807, 2.05) is 0 Å². The Hall–Kier alpha value is -1.92. The topological polar surface area (TPSA) is 323 Å². The molecule has 0 radical (unpaired) electrons. The number of hydrogen-bond donors (Lipinski definition) is 0. The quantitative estimate of drug-likeness (QED) is 0.0612. The highest BCUT2D eigenvalue weighted by Gasteiger charge is 2.62. The van der Waals surface area contributed by atoms with Crippen LogP contribution in [-0.4, -0.2) is 409 Å². The number of methoxy groups -OCH3 is 19. The van der Waals surface area contributed by atoms with Gasteiger partial charge in [0.25, 0.3) is 0 Å². The zero-order valence-corrected chi connectivity index (χ0v) is 62.4. The molecule has 102 heavy (non-hydrogen) atoms. The minimum atomic E-state index is -1.25. The summed E-state index contributed by atoms with van der Waals surface area (Å²) in [5, 5.41) is 0. The van der Waals surface area contributed by atoms with Crippen molar-refractivity contribution in [2.24, 2.45) is 0 Å². The average Bonchev–Trinajstić information content (AvgIpc) is 0.784. The number of rotatable bonds is 32. The van der Waals surface area contributed by atoms with Crippen LogP contribution in [0.5, 0.6) is 0 Å². The van der Waals surface area contributed by atoms with Crippen LogP contribution in [0, 0.1) is 0 Å². The van der Waals surface area contributed by atoms with Gasteiger partial charge in [-0.3, -0.25) is 0 Å². The molecular formula is C67H116O35. The van der Waals surface area contributed by atoms with Gasteiger partial charge in [-0.2, -0.15) is 0 Å². The summed E-state index contributed by atoms with van der Waals surface area (Å²) in [4.78, 5) is 0. The van der Waals surface area contributed by atoms with Gasteiger partial charge in [0.2, 0.25) is 0 Å². The molecule has 0 aromatic carbocycles.